The number of aryl methyl sites for hydroxylation is 1. The first-order chi connectivity index (χ1) is 19.9. The topological polar surface area (TPSA) is 67.9 Å². The van der Waals surface area contributed by atoms with E-state index in [-0.39, 0.29) is 11.8 Å². The molecule has 0 aromatic heterocycles. The van der Waals surface area contributed by atoms with E-state index in [0.717, 1.165) is 32.8 Å². The molecule has 41 heavy (non-hydrogen) atoms. The summed E-state index contributed by atoms with van der Waals surface area (Å²) < 4.78 is 10.7. The number of nitrogens with one attached hydrogen (secondary N) is 1. The van der Waals surface area contributed by atoms with Gasteiger partial charge in [-0.3, -0.25) is 9.59 Å². The lowest BCUT2D eigenvalue weighted by molar-refractivity contribution is -0.114. The summed E-state index contributed by atoms with van der Waals surface area (Å²) in [4.78, 5) is 30.3. The maximum absolute atomic E-state index is 13.8. The van der Waals surface area contributed by atoms with Crippen LogP contribution in [0.5, 0.6) is 11.5 Å². The Morgan fingerprint density at radius 1 is 0.878 bits per heavy atom. The summed E-state index contributed by atoms with van der Waals surface area (Å²) in [6.07, 6.45) is 2.56. The lowest BCUT2D eigenvalue weighted by atomic mass is 10.1. The molecule has 0 saturated carbocycles. The summed E-state index contributed by atoms with van der Waals surface area (Å²) in [5, 5.41) is 3.01. The van der Waals surface area contributed by atoms with E-state index in [2.05, 4.69) is 11.4 Å². The Morgan fingerprint density at radius 2 is 1.68 bits per heavy atom. The van der Waals surface area contributed by atoms with Crippen molar-refractivity contribution in [2.24, 2.45) is 0 Å². The molecule has 0 atom stereocenters. The second-order valence-corrected chi connectivity index (χ2v) is 10.9. The largest absolute Gasteiger partial charge is 0.493 e. The van der Waals surface area contributed by atoms with Crippen molar-refractivity contribution in [2.75, 3.05) is 25.7 Å². The Bertz CT molecular complexity index is 1600. The summed E-state index contributed by atoms with van der Waals surface area (Å²) in [5.74, 6) is 1.05. The number of anilines is 1. The Labute approximate surface area is 245 Å². The highest BCUT2D eigenvalue weighted by atomic mass is 32.2. The van der Waals surface area contributed by atoms with Crippen LogP contribution in [0.1, 0.15) is 32.6 Å². The highest BCUT2D eigenvalue weighted by Gasteiger charge is 2.30. The number of hydrogen-bond donors (Lipinski definition) is 1. The molecule has 0 spiro atoms. The summed E-state index contributed by atoms with van der Waals surface area (Å²) >= 11 is 1.44. The fourth-order valence-corrected chi connectivity index (χ4v) is 5.80. The van der Waals surface area contributed by atoms with E-state index in [9.17, 15) is 9.59 Å². The van der Waals surface area contributed by atoms with Crippen molar-refractivity contribution in [3.63, 3.8) is 0 Å². The number of fused-ring (bicyclic) bond motifs is 1. The van der Waals surface area contributed by atoms with Crippen LogP contribution in [0.3, 0.4) is 0 Å². The van der Waals surface area contributed by atoms with Crippen LogP contribution >= 0.6 is 11.8 Å². The fourth-order valence-electron chi connectivity index (χ4n) is 4.76. The third-order valence-electron chi connectivity index (χ3n) is 6.86. The van der Waals surface area contributed by atoms with Crippen LogP contribution < -0.4 is 19.7 Å². The second-order valence-electron chi connectivity index (χ2n) is 9.78. The van der Waals surface area contributed by atoms with E-state index in [1.807, 2.05) is 97.9 Å². The third kappa shape index (κ3) is 6.64. The molecular weight excluding hydrogens is 532 g/mol. The molecule has 1 aliphatic heterocycles. The average Bonchev–Trinajstić information content (AvgIpc) is 2.99. The molecule has 1 N–H and O–H groups in total. The van der Waals surface area contributed by atoms with Crippen molar-refractivity contribution >= 4 is 35.3 Å². The van der Waals surface area contributed by atoms with Gasteiger partial charge in [0.1, 0.15) is 0 Å². The molecule has 0 unspecified atom stereocenters. The van der Waals surface area contributed by atoms with E-state index >= 15 is 0 Å². The van der Waals surface area contributed by atoms with Gasteiger partial charge in [-0.2, -0.15) is 0 Å². The zero-order valence-corrected chi connectivity index (χ0v) is 24.2. The number of thioether (sulfide) groups is 1. The van der Waals surface area contributed by atoms with Crippen molar-refractivity contribution < 1.29 is 19.1 Å². The summed E-state index contributed by atoms with van der Waals surface area (Å²) in [7, 11) is 3.20. The molecule has 0 saturated heterocycles. The number of ether oxygens (including phenoxy) is 2. The molecule has 0 fully saturated rings. The Kier molecular flexibility index (Phi) is 8.75. The second kappa shape index (κ2) is 12.8. The number of carbonyl (C=O) groups excluding carboxylic acids is 2. The van der Waals surface area contributed by atoms with Gasteiger partial charge in [-0.1, -0.05) is 78.0 Å². The smallest absolute Gasteiger partial charge is 0.265 e. The van der Waals surface area contributed by atoms with Gasteiger partial charge in [-0.25, -0.2) is 0 Å². The number of nitrogens with zero attached hydrogens (tertiary/aromatic N) is 1. The Morgan fingerprint density at radius 3 is 2.44 bits per heavy atom. The minimum absolute atomic E-state index is 0.0844. The van der Waals surface area contributed by atoms with Crippen LogP contribution in [-0.4, -0.2) is 32.6 Å². The van der Waals surface area contributed by atoms with Crippen LogP contribution in [-0.2, 0) is 17.8 Å². The molecule has 5 rings (SSSR count). The van der Waals surface area contributed by atoms with Crippen molar-refractivity contribution in [1.29, 1.82) is 0 Å². The average molecular weight is 565 g/mol. The van der Waals surface area contributed by atoms with E-state index in [0.29, 0.717) is 41.5 Å². The minimum Gasteiger partial charge on any atom is -0.493 e. The molecule has 208 valence electrons. The molecule has 4 aromatic rings. The predicted octanol–water partition coefficient (Wildman–Crippen LogP) is 6.66. The van der Waals surface area contributed by atoms with Crippen LogP contribution in [0.2, 0.25) is 0 Å². The van der Waals surface area contributed by atoms with Gasteiger partial charge in [0, 0.05) is 17.0 Å². The number of benzene rings is 4. The lowest BCUT2D eigenvalue weighted by Crippen LogP contribution is -2.34. The van der Waals surface area contributed by atoms with Gasteiger partial charge in [-0.15, -0.1) is 0 Å². The zero-order valence-electron chi connectivity index (χ0n) is 23.3. The van der Waals surface area contributed by atoms with E-state index in [1.165, 1.54) is 11.8 Å². The van der Waals surface area contributed by atoms with Crippen LogP contribution in [0, 0.1) is 6.92 Å². The molecule has 2 amide bonds. The number of carbonyl (C=O) groups is 2. The number of hydrogen-bond acceptors (Lipinski definition) is 5. The van der Waals surface area contributed by atoms with Gasteiger partial charge in [-0.05, 0) is 66.4 Å². The fraction of sp³-hybridized carbons (Fsp3) is 0.176. The molecule has 7 heteroatoms. The number of rotatable bonds is 9. The molecule has 0 radical (unpaired) electrons. The molecule has 0 aliphatic carbocycles. The Balaban J connectivity index is 1.38. The van der Waals surface area contributed by atoms with Gasteiger partial charge in [0.25, 0.3) is 11.8 Å². The highest BCUT2D eigenvalue weighted by molar-refractivity contribution is 8.04. The monoisotopic (exact) mass is 564 g/mol. The molecule has 6 nitrogen and oxygen atoms in total. The normalized spacial score (nSPS) is 13.6. The van der Waals surface area contributed by atoms with Crippen molar-refractivity contribution in [1.82, 2.24) is 5.32 Å². The van der Waals surface area contributed by atoms with Gasteiger partial charge in [0.05, 0.1) is 31.4 Å². The van der Waals surface area contributed by atoms with E-state index < -0.39 is 0 Å². The molecule has 4 aromatic carbocycles. The zero-order chi connectivity index (χ0) is 28.8. The first-order valence-electron chi connectivity index (χ1n) is 13.4. The van der Waals surface area contributed by atoms with Crippen LogP contribution in [0.15, 0.2) is 101 Å². The molecule has 1 aliphatic rings. The summed E-state index contributed by atoms with van der Waals surface area (Å²) in [6, 6.07) is 29.3. The quantitative estimate of drug-likeness (QED) is 0.230. The van der Waals surface area contributed by atoms with Crippen molar-refractivity contribution in [3.8, 4) is 11.5 Å². The van der Waals surface area contributed by atoms with E-state index in [1.54, 1.807) is 19.1 Å². The molecule has 0 bridgehead atoms. The summed E-state index contributed by atoms with van der Waals surface area (Å²) in [5.41, 5.74) is 5.39. The standard InChI is InChI=1S/C34H32N2O4S/c1-23-8-7-11-26(18-23)22-36-28-21-27(33(37)35-17-16-25-12-14-29(39-2)30(19-25)40-3)13-15-31(28)41-32(34(36)38)20-24-9-5-4-6-10-24/h4-15,18-21H,16-17,22H2,1-3H3,(H,35,37). The maximum atomic E-state index is 13.8. The Hall–Kier alpha value is -4.49. The first kappa shape index (κ1) is 28.1. The molecular formula is C34H32N2O4S. The first-order valence-corrected chi connectivity index (χ1v) is 14.2. The molecule has 1 heterocycles. The number of amides is 2. The summed E-state index contributed by atoms with van der Waals surface area (Å²) in [6.45, 7) is 2.90. The highest BCUT2D eigenvalue weighted by Crippen LogP contribution is 2.43. The van der Waals surface area contributed by atoms with Crippen molar-refractivity contribution in [2.45, 2.75) is 24.8 Å². The maximum Gasteiger partial charge on any atom is 0.265 e. The third-order valence-corrected chi connectivity index (χ3v) is 7.93. The lowest BCUT2D eigenvalue weighted by Gasteiger charge is -2.31. The van der Waals surface area contributed by atoms with Gasteiger partial charge >= 0.3 is 0 Å². The minimum atomic E-state index is -0.188. The van der Waals surface area contributed by atoms with E-state index in [4.69, 9.17) is 9.47 Å². The van der Waals surface area contributed by atoms with Gasteiger partial charge in [0.15, 0.2) is 11.5 Å². The van der Waals surface area contributed by atoms with Gasteiger partial charge in [0.2, 0.25) is 0 Å². The number of methoxy groups -OCH3 is 2. The van der Waals surface area contributed by atoms with Crippen LogP contribution in [0.4, 0.5) is 5.69 Å². The van der Waals surface area contributed by atoms with Crippen LogP contribution in [0.25, 0.3) is 6.08 Å². The van der Waals surface area contributed by atoms with Crippen molar-refractivity contribution in [3.05, 3.63) is 124 Å². The van der Waals surface area contributed by atoms with Gasteiger partial charge < -0.3 is 19.7 Å². The predicted molar refractivity (Wildman–Crippen MR) is 165 cm³/mol. The SMILES string of the molecule is COc1ccc(CCNC(=O)c2ccc3c(c2)N(Cc2cccc(C)c2)C(=O)C(=Cc2ccccc2)S3)cc1OC.